The Morgan fingerprint density at radius 3 is 1.77 bits per heavy atom. The lowest BCUT2D eigenvalue weighted by molar-refractivity contribution is 0.669. The summed E-state index contributed by atoms with van der Waals surface area (Å²) in [7, 11) is 0. The van der Waals surface area contributed by atoms with Crippen molar-refractivity contribution in [2.24, 2.45) is 0 Å². The molecule has 1 heterocycles. The van der Waals surface area contributed by atoms with Crippen molar-refractivity contribution in [3.8, 4) is 22.3 Å². The van der Waals surface area contributed by atoms with Crippen molar-refractivity contribution in [3.63, 3.8) is 0 Å². The Morgan fingerprint density at radius 1 is 0.475 bits per heavy atom. The molecule has 0 aliphatic carbocycles. The topological polar surface area (TPSA) is 13.1 Å². The first kappa shape index (κ1) is 16.1. The average molecular weight is 519 g/mol. The van der Waals surface area contributed by atoms with Crippen molar-refractivity contribution < 1.29 is 15.4 Å². The maximum atomic E-state index is 9.17. The summed E-state index contributed by atoms with van der Waals surface area (Å²) in [6.07, 6.45) is 0.179. The highest BCUT2D eigenvalue weighted by molar-refractivity contribution is 6.16. The third-order valence-electron chi connectivity index (χ3n) is 7.59. The van der Waals surface area contributed by atoms with E-state index >= 15 is 0 Å². The SMILES string of the molecule is [2H]c1c([2H])c([2H])c2c(-c3ccc4oc5ccccc5c4c3)c3c([2H])c([2H])c([2H])c([2H])c3c(Cc3ccc(-c4ccccc4)cc3)c2c1[2H]. The van der Waals surface area contributed by atoms with Gasteiger partial charge in [0.25, 0.3) is 0 Å². The molecule has 188 valence electrons. The van der Waals surface area contributed by atoms with Crippen molar-refractivity contribution in [1.29, 1.82) is 0 Å². The van der Waals surface area contributed by atoms with Gasteiger partial charge in [-0.1, -0.05) is 127 Å². The molecule has 0 spiro atoms. The van der Waals surface area contributed by atoms with Gasteiger partial charge < -0.3 is 4.42 Å². The third kappa shape index (κ3) is 3.71. The van der Waals surface area contributed by atoms with Gasteiger partial charge in [-0.05, 0) is 79.5 Å². The Balaban J connectivity index is 1.50. The quantitative estimate of drug-likeness (QED) is 0.211. The van der Waals surface area contributed by atoms with E-state index in [9.17, 15) is 2.74 Å². The van der Waals surface area contributed by atoms with Crippen LogP contribution < -0.4 is 0 Å². The van der Waals surface area contributed by atoms with Gasteiger partial charge in [-0.3, -0.25) is 0 Å². The Kier molecular flexibility index (Phi) is 3.72. The van der Waals surface area contributed by atoms with E-state index in [0.717, 1.165) is 27.5 Å². The molecule has 0 aliphatic rings. The molecule has 40 heavy (non-hydrogen) atoms. The lowest BCUT2D eigenvalue weighted by atomic mass is 9.86. The summed E-state index contributed by atoms with van der Waals surface area (Å²) in [5.41, 5.74) is 5.52. The predicted octanol–water partition coefficient (Wildman–Crippen LogP) is 10.8. The molecule has 1 nitrogen and oxygen atoms in total. The number of furan rings is 1. The summed E-state index contributed by atoms with van der Waals surface area (Å²) in [5, 5.41) is 2.54. The molecule has 0 amide bonds. The molecule has 0 saturated heterocycles. The summed E-state index contributed by atoms with van der Waals surface area (Å²) in [4.78, 5) is 0. The Labute approximate surface area is 244 Å². The minimum absolute atomic E-state index is 0.179. The van der Waals surface area contributed by atoms with Gasteiger partial charge in [0.1, 0.15) is 11.2 Å². The van der Waals surface area contributed by atoms with E-state index in [-0.39, 0.29) is 52.1 Å². The Bertz CT molecular complexity index is 2530. The first-order valence-electron chi connectivity index (χ1n) is 17.2. The van der Waals surface area contributed by atoms with Gasteiger partial charge in [0.2, 0.25) is 0 Å². The second-order valence-electron chi connectivity index (χ2n) is 9.90. The van der Waals surface area contributed by atoms with Crippen LogP contribution in [0.1, 0.15) is 22.1 Å². The number of para-hydroxylation sites is 1. The zero-order valence-electron chi connectivity index (χ0n) is 29.4. The number of rotatable bonds is 4. The van der Waals surface area contributed by atoms with E-state index in [1.54, 1.807) is 12.1 Å². The van der Waals surface area contributed by atoms with Gasteiger partial charge in [-0.25, -0.2) is 0 Å². The van der Waals surface area contributed by atoms with Gasteiger partial charge in [0, 0.05) is 10.8 Å². The lowest BCUT2D eigenvalue weighted by Gasteiger charge is -2.18. The number of benzene rings is 7. The summed E-state index contributed by atoms with van der Waals surface area (Å²) in [5.74, 6) is 0. The average Bonchev–Trinajstić information content (AvgIpc) is 3.49. The number of hydrogen-bond acceptors (Lipinski definition) is 1. The van der Waals surface area contributed by atoms with Crippen LogP contribution in [-0.4, -0.2) is 0 Å². The highest BCUT2D eigenvalue weighted by Gasteiger charge is 2.17. The van der Waals surface area contributed by atoms with E-state index in [2.05, 4.69) is 0 Å². The monoisotopic (exact) mass is 518 g/mol. The second-order valence-corrected chi connectivity index (χ2v) is 9.90. The maximum Gasteiger partial charge on any atom is 0.135 e. The Hall–Kier alpha value is -5.14. The Morgan fingerprint density at radius 2 is 1.05 bits per heavy atom. The van der Waals surface area contributed by atoms with Crippen LogP contribution in [0.15, 0.2) is 150 Å². The van der Waals surface area contributed by atoms with Crippen LogP contribution in [0.4, 0.5) is 0 Å². The molecule has 1 heteroatoms. The normalized spacial score (nSPS) is 14.4. The van der Waals surface area contributed by atoms with Crippen LogP contribution in [0, 0.1) is 0 Å². The van der Waals surface area contributed by atoms with Crippen LogP contribution in [0.5, 0.6) is 0 Å². The minimum atomic E-state index is -0.415. The molecular weight excluding hydrogens is 484 g/mol. The number of fused-ring (bicyclic) bond motifs is 5. The van der Waals surface area contributed by atoms with Crippen molar-refractivity contribution in [2.75, 3.05) is 0 Å². The fourth-order valence-electron chi connectivity index (χ4n) is 5.70. The van der Waals surface area contributed by atoms with E-state index in [1.807, 2.05) is 84.9 Å². The van der Waals surface area contributed by atoms with Gasteiger partial charge >= 0.3 is 0 Å². The van der Waals surface area contributed by atoms with Gasteiger partial charge in [0.15, 0.2) is 0 Å². The zero-order chi connectivity index (χ0) is 33.4. The predicted molar refractivity (Wildman–Crippen MR) is 169 cm³/mol. The molecule has 7 aromatic carbocycles. The van der Waals surface area contributed by atoms with E-state index in [1.165, 1.54) is 0 Å². The molecule has 0 N–H and O–H groups in total. The van der Waals surface area contributed by atoms with Crippen molar-refractivity contribution in [2.45, 2.75) is 6.42 Å². The van der Waals surface area contributed by atoms with E-state index in [0.29, 0.717) is 27.9 Å². The molecule has 0 aliphatic heterocycles. The van der Waals surface area contributed by atoms with Crippen molar-refractivity contribution in [1.82, 2.24) is 0 Å². The maximum absolute atomic E-state index is 9.17. The number of hydrogen-bond donors (Lipinski definition) is 0. The molecule has 8 aromatic rings. The summed E-state index contributed by atoms with van der Waals surface area (Å²) < 4.78 is 77.3. The first-order chi connectivity index (χ1) is 23.2. The lowest BCUT2D eigenvalue weighted by Crippen LogP contribution is -1.95. The smallest absolute Gasteiger partial charge is 0.135 e. The molecule has 1 aromatic heterocycles. The van der Waals surface area contributed by atoms with Crippen LogP contribution >= 0.6 is 0 Å². The standard InChI is InChI=1S/C39H26O/c1-2-10-27(11-3-1)28-20-18-26(19-21-28)24-35-30-12-4-6-15-33(30)39(34-16-7-5-13-31(34)35)29-22-23-38-36(25-29)32-14-8-9-17-37(32)40-38/h1-23,25H,24H2/i4D,5D,6D,7D,12D,13D,15D,16D. The molecule has 0 atom stereocenters. The highest BCUT2D eigenvalue weighted by atomic mass is 16.3. The molecule has 0 saturated carbocycles. The van der Waals surface area contributed by atoms with Crippen LogP contribution in [0.3, 0.4) is 0 Å². The van der Waals surface area contributed by atoms with Crippen LogP contribution in [0.2, 0.25) is 0 Å². The highest BCUT2D eigenvalue weighted by Crippen LogP contribution is 2.42. The van der Waals surface area contributed by atoms with Gasteiger partial charge in [-0.2, -0.15) is 0 Å². The summed E-state index contributed by atoms with van der Waals surface area (Å²) >= 11 is 0. The molecular formula is C39H26O. The minimum Gasteiger partial charge on any atom is -0.456 e. The zero-order valence-corrected chi connectivity index (χ0v) is 21.4. The van der Waals surface area contributed by atoms with Crippen LogP contribution in [0.25, 0.3) is 65.7 Å². The van der Waals surface area contributed by atoms with Crippen LogP contribution in [-0.2, 0) is 6.42 Å². The molecule has 0 bridgehead atoms. The summed E-state index contributed by atoms with van der Waals surface area (Å²) in [6, 6.07) is 28.1. The van der Waals surface area contributed by atoms with Crippen molar-refractivity contribution in [3.05, 3.63) is 157 Å². The van der Waals surface area contributed by atoms with Crippen molar-refractivity contribution >= 4 is 43.5 Å². The van der Waals surface area contributed by atoms with E-state index in [4.69, 9.17) is 12.6 Å². The first-order valence-corrected chi connectivity index (χ1v) is 13.2. The molecule has 8 rings (SSSR count). The fraction of sp³-hybridized carbons (Fsp3) is 0.0256. The van der Waals surface area contributed by atoms with Gasteiger partial charge in [0.05, 0.1) is 11.0 Å². The van der Waals surface area contributed by atoms with Gasteiger partial charge in [-0.15, -0.1) is 0 Å². The fourth-order valence-corrected chi connectivity index (χ4v) is 5.70. The van der Waals surface area contributed by atoms with E-state index < -0.39 is 24.2 Å². The second kappa shape index (κ2) is 9.25. The molecule has 0 fully saturated rings. The largest absolute Gasteiger partial charge is 0.456 e. The third-order valence-corrected chi connectivity index (χ3v) is 7.59. The summed E-state index contributed by atoms with van der Waals surface area (Å²) in [6.45, 7) is 0. The molecule has 0 radical (unpaired) electrons. The molecule has 0 unspecified atom stereocenters.